The van der Waals surface area contributed by atoms with Crippen LogP contribution in [0.3, 0.4) is 0 Å². The highest BCUT2D eigenvalue weighted by molar-refractivity contribution is 7.16. The van der Waals surface area contributed by atoms with Crippen LogP contribution >= 0.6 is 11.3 Å². The van der Waals surface area contributed by atoms with Gasteiger partial charge in [0.15, 0.2) is 12.4 Å². The van der Waals surface area contributed by atoms with Crippen LogP contribution in [0.5, 0.6) is 0 Å². The SMILES string of the molecule is C[NH+](CC(=O)Nc1sc2c(c1C#N)CCCCC2)Cc1nc2ccccc2c(=O)[nH]1. The molecule has 4 rings (SSSR count). The molecule has 3 N–H and O–H groups in total. The number of aromatic amines is 1. The molecule has 0 saturated carbocycles. The van der Waals surface area contributed by atoms with Gasteiger partial charge in [0.05, 0.1) is 23.5 Å². The van der Waals surface area contributed by atoms with Crippen molar-refractivity contribution in [1.29, 1.82) is 5.26 Å². The van der Waals surface area contributed by atoms with Gasteiger partial charge in [-0.05, 0) is 43.4 Å². The monoisotopic (exact) mass is 422 g/mol. The lowest BCUT2D eigenvalue weighted by Gasteiger charge is -2.13. The Labute approximate surface area is 178 Å². The third-order valence-corrected chi connectivity index (χ3v) is 6.59. The van der Waals surface area contributed by atoms with E-state index in [1.807, 2.05) is 13.1 Å². The fourth-order valence-corrected chi connectivity index (χ4v) is 5.22. The molecule has 1 amide bonds. The second-order valence-electron chi connectivity index (χ2n) is 7.77. The maximum Gasteiger partial charge on any atom is 0.280 e. The number of aryl methyl sites for hydroxylation is 1. The van der Waals surface area contributed by atoms with Crippen molar-refractivity contribution in [2.24, 2.45) is 0 Å². The number of carbonyl (C=O) groups is 1. The Hall–Kier alpha value is -3.02. The van der Waals surface area contributed by atoms with Gasteiger partial charge in [-0.1, -0.05) is 18.6 Å². The van der Waals surface area contributed by atoms with Gasteiger partial charge in [-0.15, -0.1) is 11.3 Å². The van der Waals surface area contributed by atoms with Crippen LogP contribution in [0.15, 0.2) is 29.1 Å². The lowest BCUT2D eigenvalue weighted by atomic mass is 10.1. The number of quaternary nitrogens is 1. The zero-order chi connectivity index (χ0) is 21.1. The van der Waals surface area contributed by atoms with E-state index >= 15 is 0 Å². The number of nitriles is 1. The predicted octanol–water partition coefficient (Wildman–Crippen LogP) is 1.78. The number of thiophene rings is 1. The molecule has 154 valence electrons. The number of amides is 1. The maximum atomic E-state index is 12.6. The van der Waals surface area contributed by atoms with Gasteiger partial charge in [-0.3, -0.25) is 9.59 Å². The Balaban J connectivity index is 1.43. The Morgan fingerprint density at radius 1 is 1.30 bits per heavy atom. The van der Waals surface area contributed by atoms with Gasteiger partial charge in [0.2, 0.25) is 0 Å². The first-order chi connectivity index (χ1) is 14.5. The van der Waals surface area contributed by atoms with Crippen molar-refractivity contribution in [3.8, 4) is 6.07 Å². The van der Waals surface area contributed by atoms with Gasteiger partial charge in [-0.2, -0.15) is 5.26 Å². The molecule has 0 aliphatic heterocycles. The molecule has 1 aromatic carbocycles. The minimum Gasteiger partial charge on any atom is -0.323 e. The molecule has 3 aromatic rings. The highest BCUT2D eigenvalue weighted by atomic mass is 32.1. The summed E-state index contributed by atoms with van der Waals surface area (Å²) in [7, 11) is 1.88. The molecule has 0 spiro atoms. The van der Waals surface area contributed by atoms with Crippen molar-refractivity contribution in [2.75, 3.05) is 18.9 Å². The smallest absolute Gasteiger partial charge is 0.280 e. The fourth-order valence-electron chi connectivity index (χ4n) is 3.96. The Bertz CT molecular complexity index is 1190. The summed E-state index contributed by atoms with van der Waals surface area (Å²) in [4.78, 5) is 34.3. The number of hydrogen-bond donors (Lipinski definition) is 3. The van der Waals surface area contributed by atoms with Crippen molar-refractivity contribution in [3.05, 3.63) is 56.4 Å². The molecule has 0 radical (unpaired) electrons. The summed E-state index contributed by atoms with van der Waals surface area (Å²) >= 11 is 1.54. The number of H-pyrrole nitrogens is 1. The maximum absolute atomic E-state index is 12.6. The van der Waals surface area contributed by atoms with E-state index in [1.54, 1.807) is 18.2 Å². The summed E-state index contributed by atoms with van der Waals surface area (Å²) in [5.41, 5.74) is 2.22. The predicted molar refractivity (Wildman–Crippen MR) is 117 cm³/mol. The molecule has 1 aliphatic rings. The number of hydrogen-bond acceptors (Lipinski definition) is 5. The number of aromatic nitrogens is 2. The van der Waals surface area contributed by atoms with Crippen LogP contribution in [0.4, 0.5) is 5.00 Å². The van der Waals surface area contributed by atoms with E-state index in [0.717, 1.165) is 36.1 Å². The first kappa shape index (κ1) is 20.3. The molecule has 2 aromatic heterocycles. The molecule has 0 bridgehead atoms. The van der Waals surface area contributed by atoms with Gasteiger partial charge in [0.25, 0.3) is 11.5 Å². The number of carbonyl (C=O) groups excluding carboxylic acids is 1. The van der Waals surface area contributed by atoms with Gasteiger partial charge >= 0.3 is 0 Å². The Morgan fingerprint density at radius 3 is 2.93 bits per heavy atom. The summed E-state index contributed by atoms with van der Waals surface area (Å²) in [5, 5.41) is 13.8. The van der Waals surface area contributed by atoms with Gasteiger partial charge in [0.1, 0.15) is 17.6 Å². The second-order valence-corrected chi connectivity index (χ2v) is 8.87. The first-order valence-electron chi connectivity index (χ1n) is 10.2. The zero-order valence-electron chi connectivity index (χ0n) is 16.9. The highest BCUT2D eigenvalue weighted by Gasteiger charge is 2.22. The highest BCUT2D eigenvalue weighted by Crippen LogP contribution is 2.36. The van der Waals surface area contributed by atoms with Crippen molar-refractivity contribution in [2.45, 2.75) is 38.6 Å². The van der Waals surface area contributed by atoms with Gasteiger partial charge < -0.3 is 15.2 Å². The number of rotatable bonds is 5. The quantitative estimate of drug-likeness (QED) is 0.545. The Kier molecular flexibility index (Phi) is 5.93. The minimum absolute atomic E-state index is 0.149. The Morgan fingerprint density at radius 2 is 2.10 bits per heavy atom. The summed E-state index contributed by atoms with van der Waals surface area (Å²) in [6, 6.07) is 9.49. The van der Waals surface area contributed by atoms with E-state index in [0.29, 0.717) is 33.8 Å². The number of likely N-dealkylation sites (N-methyl/N-ethyl adjacent to an activating group) is 1. The molecule has 1 aliphatic carbocycles. The molecule has 8 heteroatoms. The molecule has 1 atom stereocenters. The lowest BCUT2D eigenvalue weighted by molar-refractivity contribution is -0.885. The van der Waals surface area contributed by atoms with Gasteiger partial charge in [-0.25, -0.2) is 4.98 Å². The molecule has 7 nitrogen and oxygen atoms in total. The average Bonchev–Trinajstić information content (AvgIpc) is 2.87. The number of para-hydroxylation sites is 1. The summed E-state index contributed by atoms with van der Waals surface area (Å²) < 4.78 is 0. The van der Waals surface area contributed by atoms with Crippen LogP contribution in [-0.4, -0.2) is 29.5 Å². The van der Waals surface area contributed by atoms with E-state index in [1.165, 1.54) is 22.6 Å². The van der Waals surface area contributed by atoms with E-state index in [4.69, 9.17) is 0 Å². The van der Waals surface area contributed by atoms with Crippen LogP contribution < -0.4 is 15.8 Å². The number of nitrogens with one attached hydrogen (secondary N) is 3. The first-order valence-corrected chi connectivity index (χ1v) is 11.0. The fraction of sp³-hybridized carbons (Fsp3) is 0.364. The molecule has 0 fully saturated rings. The molecule has 0 saturated heterocycles. The standard InChI is InChI=1S/C22H23N5O2S/c1-27(12-19-24-17-9-6-5-8-15(17)21(29)25-19)13-20(28)26-22-16(11-23)14-7-3-2-4-10-18(14)30-22/h5-6,8-9H,2-4,7,10,12-13H2,1H3,(H,26,28)(H,24,25,29)/p+1. The lowest BCUT2D eigenvalue weighted by Crippen LogP contribution is -3.08. The average molecular weight is 423 g/mol. The van der Waals surface area contributed by atoms with Crippen molar-refractivity contribution in [1.82, 2.24) is 9.97 Å². The summed E-state index contributed by atoms with van der Waals surface area (Å²) in [6.45, 7) is 0.628. The number of nitrogens with zero attached hydrogens (tertiary/aromatic N) is 2. The number of fused-ring (bicyclic) bond motifs is 2. The number of benzene rings is 1. The van der Waals surface area contributed by atoms with Crippen LogP contribution in [0, 0.1) is 11.3 Å². The molecule has 30 heavy (non-hydrogen) atoms. The molecular formula is C22H24N5O2S+. The van der Waals surface area contributed by atoms with E-state index < -0.39 is 0 Å². The van der Waals surface area contributed by atoms with Crippen molar-refractivity contribution < 1.29 is 9.69 Å². The molecule has 2 heterocycles. The second kappa shape index (κ2) is 8.78. The molecule has 1 unspecified atom stereocenters. The van der Waals surface area contributed by atoms with Gasteiger partial charge in [0, 0.05) is 4.88 Å². The zero-order valence-corrected chi connectivity index (χ0v) is 17.7. The van der Waals surface area contributed by atoms with Crippen LogP contribution in [0.25, 0.3) is 10.9 Å². The van der Waals surface area contributed by atoms with E-state index in [-0.39, 0.29) is 18.0 Å². The normalized spacial score (nSPS) is 14.5. The van der Waals surface area contributed by atoms with Crippen molar-refractivity contribution >= 4 is 33.1 Å². The topological polar surface area (TPSA) is 103 Å². The summed E-state index contributed by atoms with van der Waals surface area (Å²) in [5.74, 6) is 0.396. The largest absolute Gasteiger partial charge is 0.323 e. The van der Waals surface area contributed by atoms with E-state index in [2.05, 4.69) is 21.4 Å². The van der Waals surface area contributed by atoms with Crippen molar-refractivity contribution in [3.63, 3.8) is 0 Å². The van der Waals surface area contributed by atoms with E-state index in [9.17, 15) is 14.9 Å². The molecular weight excluding hydrogens is 398 g/mol. The van der Waals surface area contributed by atoms with Crippen LogP contribution in [-0.2, 0) is 24.2 Å². The minimum atomic E-state index is -0.174. The number of anilines is 1. The third-order valence-electron chi connectivity index (χ3n) is 5.38. The third kappa shape index (κ3) is 4.27. The summed E-state index contributed by atoms with van der Waals surface area (Å²) in [6.07, 6.45) is 5.31. The van der Waals surface area contributed by atoms with Crippen LogP contribution in [0.1, 0.15) is 41.1 Å². The van der Waals surface area contributed by atoms with Crippen LogP contribution in [0.2, 0.25) is 0 Å².